The molecule has 116 valence electrons. The molecule has 0 heterocycles. The van der Waals surface area contributed by atoms with Gasteiger partial charge in [0.05, 0.1) is 17.6 Å². The van der Waals surface area contributed by atoms with Crippen LogP contribution in [0.4, 0.5) is 0 Å². The fraction of sp³-hybridized carbons (Fsp3) is 0.188. The van der Waals surface area contributed by atoms with Crippen molar-refractivity contribution in [2.45, 2.75) is 17.9 Å². The summed E-state index contributed by atoms with van der Waals surface area (Å²) in [4.78, 5) is 11.4. The lowest BCUT2D eigenvalue weighted by Gasteiger charge is -2.14. The van der Waals surface area contributed by atoms with E-state index < -0.39 is 16.0 Å². The zero-order chi connectivity index (χ0) is 16.2. The van der Waals surface area contributed by atoms with Gasteiger partial charge in [-0.15, -0.1) is 0 Å². The largest absolute Gasteiger partial charge is 0.465 e. The molecule has 2 aromatic carbocycles. The first kappa shape index (κ1) is 16.2. The van der Waals surface area contributed by atoms with Gasteiger partial charge >= 0.3 is 5.97 Å². The molecule has 0 aromatic heterocycles. The number of hydrogen-bond acceptors (Lipinski definition) is 4. The highest BCUT2D eigenvalue weighted by Gasteiger charge is 2.18. The number of ether oxygens (including phenoxy) is 1. The van der Waals surface area contributed by atoms with E-state index in [1.807, 2.05) is 30.3 Å². The van der Waals surface area contributed by atoms with Crippen LogP contribution in [0.5, 0.6) is 0 Å². The molecule has 5 nitrogen and oxygen atoms in total. The van der Waals surface area contributed by atoms with Crippen LogP contribution in [0, 0.1) is 0 Å². The van der Waals surface area contributed by atoms with Gasteiger partial charge in [-0.3, -0.25) is 0 Å². The molecule has 0 aliphatic carbocycles. The van der Waals surface area contributed by atoms with Crippen molar-refractivity contribution in [1.29, 1.82) is 0 Å². The van der Waals surface area contributed by atoms with Crippen LogP contribution >= 0.6 is 0 Å². The van der Waals surface area contributed by atoms with Crippen LogP contribution in [0.2, 0.25) is 0 Å². The van der Waals surface area contributed by atoms with Crippen molar-refractivity contribution < 1.29 is 17.9 Å². The maximum atomic E-state index is 12.3. The van der Waals surface area contributed by atoms with E-state index in [0.29, 0.717) is 5.56 Å². The zero-order valence-corrected chi connectivity index (χ0v) is 13.1. The lowest BCUT2D eigenvalue weighted by molar-refractivity contribution is 0.0600. The second-order valence-electron chi connectivity index (χ2n) is 4.77. The van der Waals surface area contributed by atoms with E-state index in [4.69, 9.17) is 0 Å². The molecule has 0 aliphatic heterocycles. The lowest BCUT2D eigenvalue weighted by Crippen LogP contribution is -2.26. The Balaban J connectivity index is 2.18. The highest BCUT2D eigenvalue weighted by Crippen LogP contribution is 2.17. The second-order valence-corrected chi connectivity index (χ2v) is 6.48. The molecule has 0 amide bonds. The summed E-state index contributed by atoms with van der Waals surface area (Å²) >= 11 is 0. The lowest BCUT2D eigenvalue weighted by atomic mass is 10.1. The van der Waals surface area contributed by atoms with Crippen LogP contribution in [0.15, 0.2) is 59.5 Å². The monoisotopic (exact) mass is 319 g/mol. The van der Waals surface area contributed by atoms with Crippen LogP contribution in [-0.2, 0) is 14.8 Å². The Morgan fingerprint density at radius 1 is 1.05 bits per heavy atom. The quantitative estimate of drug-likeness (QED) is 0.860. The normalized spacial score (nSPS) is 12.6. The zero-order valence-electron chi connectivity index (χ0n) is 12.3. The van der Waals surface area contributed by atoms with Gasteiger partial charge in [-0.2, -0.15) is 0 Å². The Labute approximate surface area is 130 Å². The molecular formula is C16H17NO4S. The standard InChI is InChI=1S/C16H17NO4S/c1-12(13-6-4-3-5-7-13)17-22(19,20)15-10-8-14(9-11-15)16(18)21-2/h3-12,17H,1-2H3. The van der Waals surface area contributed by atoms with E-state index >= 15 is 0 Å². The number of carbonyl (C=O) groups excluding carboxylic acids is 1. The Morgan fingerprint density at radius 3 is 2.18 bits per heavy atom. The van der Waals surface area contributed by atoms with Crippen LogP contribution in [0.1, 0.15) is 28.9 Å². The fourth-order valence-corrected chi connectivity index (χ4v) is 3.23. The van der Waals surface area contributed by atoms with Gasteiger partial charge in [0, 0.05) is 6.04 Å². The fourth-order valence-electron chi connectivity index (χ4n) is 2.00. The first-order valence-corrected chi connectivity index (χ1v) is 8.18. The highest BCUT2D eigenvalue weighted by molar-refractivity contribution is 7.89. The Morgan fingerprint density at radius 2 is 1.64 bits per heavy atom. The maximum absolute atomic E-state index is 12.3. The number of methoxy groups -OCH3 is 1. The van der Waals surface area contributed by atoms with Crippen molar-refractivity contribution in [2.24, 2.45) is 0 Å². The van der Waals surface area contributed by atoms with Crippen molar-refractivity contribution in [2.75, 3.05) is 7.11 Å². The van der Waals surface area contributed by atoms with Gasteiger partial charge in [-0.1, -0.05) is 30.3 Å². The maximum Gasteiger partial charge on any atom is 0.337 e. The summed E-state index contributed by atoms with van der Waals surface area (Å²) in [6.07, 6.45) is 0. The minimum absolute atomic E-state index is 0.0999. The SMILES string of the molecule is COC(=O)c1ccc(S(=O)(=O)NC(C)c2ccccc2)cc1. The van der Waals surface area contributed by atoms with Gasteiger partial charge < -0.3 is 4.74 Å². The molecule has 0 saturated heterocycles. The molecule has 22 heavy (non-hydrogen) atoms. The van der Waals surface area contributed by atoms with Crippen molar-refractivity contribution in [3.05, 3.63) is 65.7 Å². The minimum atomic E-state index is -3.66. The second kappa shape index (κ2) is 6.72. The van der Waals surface area contributed by atoms with Crippen molar-refractivity contribution in [3.8, 4) is 0 Å². The number of benzene rings is 2. The summed E-state index contributed by atoms with van der Waals surface area (Å²) < 4.78 is 31.9. The number of esters is 1. The third-order valence-corrected chi connectivity index (χ3v) is 4.77. The van der Waals surface area contributed by atoms with E-state index in [1.54, 1.807) is 6.92 Å². The summed E-state index contributed by atoms with van der Waals surface area (Å²) in [7, 11) is -2.39. The minimum Gasteiger partial charge on any atom is -0.465 e. The van der Waals surface area contributed by atoms with Gasteiger partial charge in [0.2, 0.25) is 10.0 Å². The van der Waals surface area contributed by atoms with E-state index in [9.17, 15) is 13.2 Å². The van der Waals surface area contributed by atoms with Gasteiger partial charge in [-0.05, 0) is 36.8 Å². The average Bonchev–Trinajstić information content (AvgIpc) is 2.54. The topological polar surface area (TPSA) is 72.5 Å². The van der Waals surface area contributed by atoms with Crippen LogP contribution < -0.4 is 4.72 Å². The molecule has 0 radical (unpaired) electrons. The number of sulfonamides is 1. The van der Waals surface area contributed by atoms with Crippen molar-refractivity contribution in [1.82, 2.24) is 4.72 Å². The number of hydrogen-bond donors (Lipinski definition) is 1. The summed E-state index contributed by atoms with van der Waals surface area (Å²) in [5, 5.41) is 0. The first-order chi connectivity index (χ1) is 10.4. The molecule has 1 N–H and O–H groups in total. The Kier molecular flexibility index (Phi) is 4.95. The summed E-state index contributed by atoms with van der Waals surface area (Å²) in [6, 6.07) is 14.5. The molecule has 6 heteroatoms. The molecule has 0 bridgehead atoms. The van der Waals surface area contributed by atoms with E-state index in [2.05, 4.69) is 9.46 Å². The Hall–Kier alpha value is -2.18. The van der Waals surface area contributed by atoms with E-state index in [1.165, 1.54) is 31.4 Å². The summed E-state index contributed by atoms with van der Waals surface area (Å²) in [5.41, 5.74) is 1.18. The van der Waals surface area contributed by atoms with Gasteiger partial charge in [0.1, 0.15) is 0 Å². The number of rotatable bonds is 5. The molecular weight excluding hydrogens is 302 g/mol. The van der Waals surface area contributed by atoms with Crippen molar-refractivity contribution in [3.63, 3.8) is 0 Å². The number of carbonyl (C=O) groups is 1. The molecule has 0 saturated carbocycles. The molecule has 2 aromatic rings. The third-order valence-electron chi connectivity index (χ3n) is 3.22. The van der Waals surface area contributed by atoms with Crippen LogP contribution in [0.3, 0.4) is 0 Å². The van der Waals surface area contributed by atoms with Gasteiger partial charge in [-0.25, -0.2) is 17.9 Å². The van der Waals surface area contributed by atoms with Gasteiger partial charge in [0.25, 0.3) is 0 Å². The molecule has 0 spiro atoms. The summed E-state index contributed by atoms with van der Waals surface area (Å²) in [6.45, 7) is 1.77. The molecule has 0 fully saturated rings. The predicted octanol–water partition coefficient (Wildman–Crippen LogP) is 2.51. The van der Waals surface area contributed by atoms with Crippen molar-refractivity contribution >= 4 is 16.0 Å². The Bertz CT molecular complexity index is 739. The van der Waals surface area contributed by atoms with Crippen LogP contribution in [0.25, 0.3) is 0 Å². The average molecular weight is 319 g/mol. The van der Waals surface area contributed by atoms with E-state index in [0.717, 1.165) is 5.56 Å². The number of nitrogens with one attached hydrogen (secondary N) is 1. The highest BCUT2D eigenvalue weighted by atomic mass is 32.2. The van der Waals surface area contributed by atoms with Crippen LogP contribution in [-0.4, -0.2) is 21.5 Å². The third kappa shape index (κ3) is 3.72. The molecule has 2 rings (SSSR count). The molecule has 1 atom stereocenters. The molecule has 1 unspecified atom stereocenters. The smallest absolute Gasteiger partial charge is 0.337 e. The van der Waals surface area contributed by atoms with Gasteiger partial charge in [0.15, 0.2) is 0 Å². The summed E-state index contributed by atoms with van der Waals surface area (Å²) in [5.74, 6) is -0.505. The predicted molar refractivity (Wildman–Crippen MR) is 83.0 cm³/mol. The van der Waals surface area contributed by atoms with E-state index in [-0.39, 0.29) is 10.9 Å². The molecule has 0 aliphatic rings. The first-order valence-electron chi connectivity index (χ1n) is 6.69.